The third-order valence-electron chi connectivity index (χ3n) is 2.85. The average molecular weight is 255 g/mol. The summed E-state index contributed by atoms with van der Waals surface area (Å²) in [6.45, 7) is 2.44. The van der Waals surface area contributed by atoms with Crippen LogP contribution in [0.2, 0.25) is 0 Å². The molecule has 0 bridgehead atoms. The largest absolute Gasteiger partial charge is 0.493 e. The second-order valence-corrected chi connectivity index (χ2v) is 4.22. The molecule has 2 aromatic rings. The Kier molecular flexibility index (Phi) is 4.67. The number of carbonyl (C=O) groups excluding carboxylic acids is 1. The quantitative estimate of drug-likeness (QED) is 0.743. The first-order valence-electron chi connectivity index (χ1n) is 6.45. The van der Waals surface area contributed by atoms with E-state index in [1.165, 1.54) is 0 Å². The molecule has 0 spiro atoms. The summed E-state index contributed by atoms with van der Waals surface area (Å²) < 4.78 is 5.63. The van der Waals surface area contributed by atoms with Crippen LogP contribution in [0.1, 0.15) is 29.4 Å². The van der Waals surface area contributed by atoms with E-state index < -0.39 is 0 Å². The van der Waals surface area contributed by atoms with Crippen LogP contribution in [0.5, 0.6) is 5.75 Å². The Morgan fingerprint density at radius 1 is 1.16 bits per heavy atom. The van der Waals surface area contributed by atoms with Crippen molar-refractivity contribution in [1.82, 2.24) is 4.98 Å². The first-order valence-corrected chi connectivity index (χ1v) is 6.45. The number of Topliss-reactive ketones (excluding diaryl/α,β-unsaturated/α-hetero) is 1. The standard InChI is InChI=1S/C16H17NO2/c1-2-16(18)13-6-8-15(9-7-13)19-12-10-14-5-3-4-11-17-14/h3-9,11H,2,10,12H2,1H3. The van der Waals surface area contributed by atoms with Gasteiger partial charge in [0.1, 0.15) is 5.75 Å². The maximum Gasteiger partial charge on any atom is 0.162 e. The van der Waals surface area contributed by atoms with Gasteiger partial charge in [-0.3, -0.25) is 9.78 Å². The van der Waals surface area contributed by atoms with E-state index in [9.17, 15) is 4.79 Å². The topological polar surface area (TPSA) is 39.2 Å². The molecule has 0 atom stereocenters. The van der Waals surface area contributed by atoms with Crippen molar-refractivity contribution in [2.24, 2.45) is 0 Å². The van der Waals surface area contributed by atoms with Crippen LogP contribution in [0.15, 0.2) is 48.7 Å². The van der Waals surface area contributed by atoms with Gasteiger partial charge in [-0.2, -0.15) is 0 Å². The fourth-order valence-electron chi connectivity index (χ4n) is 1.76. The number of nitrogens with zero attached hydrogens (tertiary/aromatic N) is 1. The summed E-state index contributed by atoms with van der Waals surface area (Å²) in [4.78, 5) is 15.7. The van der Waals surface area contributed by atoms with E-state index in [0.717, 1.165) is 23.4 Å². The minimum Gasteiger partial charge on any atom is -0.493 e. The van der Waals surface area contributed by atoms with Gasteiger partial charge >= 0.3 is 0 Å². The van der Waals surface area contributed by atoms with E-state index in [1.807, 2.05) is 49.4 Å². The van der Waals surface area contributed by atoms with E-state index >= 15 is 0 Å². The Hall–Kier alpha value is -2.16. The molecule has 0 fully saturated rings. The highest BCUT2D eigenvalue weighted by Crippen LogP contribution is 2.13. The molecule has 1 aromatic carbocycles. The predicted molar refractivity (Wildman–Crippen MR) is 74.5 cm³/mol. The van der Waals surface area contributed by atoms with Crippen LogP contribution in [0.4, 0.5) is 0 Å². The summed E-state index contributed by atoms with van der Waals surface area (Å²) >= 11 is 0. The Bertz CT molecular complexity index is 520. The number of hydrogen-bond donors (Lipinski definition) is 0. The van der Waals surface area contributed by atoms with Crippen LogP contribution in [0.3, 0.4) is 0 Å². The average Bonchev–Trinajstić information content (AvgIpc) is 2.48. The molecular weight excluding hydrogens is 238 g/mol. The highest BCUT2D eigenvalue weighted by molar-refractivity contribution is 5.95. The number of pyridine rings is 1. The lowest BCUT2D eigenvalue weighted by atomic mass is 10.1. The van der Waals surface area contributed by atoms with Gasteiger partial charge in [0.25, 0.3) is 0 Å². The van der Waals surface area contributed by atoms with Gasteiger partial charge in [-0.15, -0.1) is 0 Å². The van der Waals surface area contributed by atoms with Crippen molar-refractivity contribution in [1.29, 1.82) is 0 Å². The lowest BCUT2D eigenvalue weighted by Gasteiger charge is -2.06. The molecule has 1 heterocycles. The van der Waals surface area contributed by atoms with Crippen molar-refractivity contribution >= 4 is 5.78 Å². The maximum atomic E-state index is 11.5. The summed E-state index contributed by atoms with van der Waals surface area (Å²) in [6.07, 6.45) is 3.08. The zero-order chi connectivity index (χ0) is 13.5. The maximum absolute atomic E-state index is 11.5. The minimum absolute atomic E-state index is 0.153. The van der Waals surface area contributed by atoms with Crippen LogP contribution in [-0.4, -0.2) is 17.4 Å². The van der Waals surface area contributed by atoms with Crippen molar-refractivity contribution in [3.8, 4) is 5.75 Å². The van der Waals surface area contributed by atoms with Gasteiger partial charge in [0.15, 0.2) is 5.78 Å². The van der Waals surface area contributed by atoms with E-state index in [1.54, 1.807) is 6.20 Å². The summed E-state index contributed by atoms with van der Waals surface area (Å²) in [7, 11) is 0. The molecule has 3 heteroatoms. The monoisotopic (exact) mass is 255 g/mol. The Labute approximate surface area is 113 Å². The zero-order valence-electron chi connectivity index (χ0n) is 11.0. The number of rotatable bonds is 6. The smallest absolute Gasteiger partial charge is 0.162 e. The zero-order valence-corrected chi connectivity index (χ0v) is 11.0. The van der Waals surface area contributed by atoms with Crippen molar-refractivity contribution in [3.05, 3.63) is 59.9 Å². The molecule has 98 valence electrons. The summed E-state index contributed by atoms with van der Waals surface area (Å²) in [5, 5.41) is 0. The Morgan fingerprint density at radius 3 is 2.58 bits per heavy atom. The van der Waals surface area contributed by atoms with Crippen LogP contribution < -0.4 is 4.74 Å². The van der Waals surface area contributed by atoms with Gasteiger partial charge in [0.2, 0.25) is 0 Å². The lowest BCUT2D eigenvalue weighted by molar-refractivity contribution is 0.0988. The van der Waals surface area contributed by atoms with Crippen molar-refractivity contribution in [2.45, 2.75) is 19.8 Å². The molecule has 0 amide bonds. The SMILES string of the molecule is CCC(=O)c1ccc(OCCc2ccccn2)cc1. The molecule has 0 unspecified atom stereocenters. The van der Waals surface area contributed by atoms with E-state index in [4.69, 9.17) is 4.74 Å². The van der Waals surface area contributed by atoms with Crippen LogP contribution >= 0.6 is 0 Å². The third-order valence-corrected chi connectivity index (χ3v) is 2.85. The molecule has 1 aromatic heterocycles. The van der Waals surface area contributed by atoms with Gasteiger partial charge in [0, 0.05) is 30.3 Å². The van der Waals surface area contributed by atoms with Crippen molar-refractivity contribution < 1.29 is 9.53 Å². The molecule has 3 nitrogen and oxygen atoms in total. The summed E-state index contributed by atoms with van der Waals surface area (Å²) in [5.41, 5.74) is 1.75. The molecule has 0 radical (unpaired) electrons. The Morgan fingerprint density at radius 2 is 1.95 bits per heavy atom. The van der Waals surface area contributed by atoms with Crippen molar-refractivity contribution in [2.75, 3.05) is 6.61 Å². The normalized spacial score (nSPS) is 10.2. The van der Waals surface area contributed by atoms with Gasteiger partial charge in [0.05, 0.1) is 6.61 Å². The highest BCUT2D eigenvalue weighted by Gasteiger charge is 2.02. The predicted octanol–water partition coefficient (Wildman–Crippen LogP) is 3.30. The number of ether oxygens (including phenoxy) is 1. The number of ketones is 1. The van der Waals surface area contributed by atoms with Gasteiger partial charge in [-0.25, -0.2) is 0 Å². The minimum atomic E-state index is 0.153. The van der Waals surface area contributed by atoms with E-state index in [2.05, 4.69) is 4.98 Å². The number of benzene rings is 1. The van der Waals surface area contributed by atoms with Crippen molar-refractivity contribution in [3.63, 3.8) is 0 Å². The molecule has 0 saturated heterocycles. The molecule has 19 heavy (non-hydrogen) atoms. The van der Waals surface area contributed by atoms with Gasteiger partial charge in [-0.05, 0) is 36.4 Å². The fourth-order valence-corrected chi connectivity index (χ4v) is 1.76. The Balaban J connectivity index is 1.85. The van der Waals surface area contributed by atoms with Gasteiger partial charge in [-0.1, -0.05) is 13.0 Å². The third kappa shape index (κ3) is 3.91. The molecule has 0 saturated carbocycles. The molecule has 0 aliphatic heterocycles. The number of carbonyl (C=O) groups is 1. The molecule has 2 rings (SSSR count). The summed E-state index contributed by atoms with van der Waals surface area (Å²) in [5.74, 6) is 0.934. The lowest BCUT2D eigenvalue weighted by Crippen LogP contribution is -2.03. The first kappa shape index (κ1) is 13.3. The second kappa shape index (κ2) is 6.69. The molecule has 0 aliphatic rings. The number of aromatic nitrogens is 1. The van der Waals surface area contributed by atoms with E-state index in [-0.39, 0.29) is 5.78 Å². The van der Waals surface area contributed by atoms with E-state index in [0.29, 0.717) is 13.0 Å². The fraction of sp³-hybridized carbons (Fsp3) is 0.250. The molecule has 0 aliphatic carbocycles. The summed E-state index contributed by atoms with van der Waals surface area (Å²) in [6, 6.07) is 13.1. The molecular formula is C16H17NO2. The second-order valence-electron chi connectivity index (χ2n) is 4.22. The van der Waals surface area contributed by atoms with Crippen LogP contribution in [0, 0.1) is 0 Å². The number of hydrogen-bond acceptors (Lipinski definition) is 3. The highest BCUT2D eigenvalue weighted by atomic mass is 16.5. The van der Waals surface area contributed by atoms with Crippen LogP contribution in [-0.2, 0) is 6.42 Å². The molecule has 0 N–H and O–H groups in total. The van der Waals surface area contributed by atoms with Crippen LogP contribution in [0.25, 0.3) is 0 Å². The van der Waals surface area contributed by atoms with Gasteiger partial charge < -0.3 is 4.74 Å². The first-order chi connectivity index (χ1) is 9.29.